The number of nitrogen functional groups attached to an aromatic ring is 1. The molecule has 1 aromatic heterocycles. The molecule has 0 saturated carbocycles. The topological polar surface area (TPSA) is 196 Å². The van der Waals surface area contributed by atoms with Gasteiger partial charge in [-0.05, 0) is 37.5 Å². The molecular weight excluding hydrogens is 484 g/mol. The zero-order valence-electron chi connectivity index (χ0n) is 20.6. The average Bonchev–Trinajstić information content (AvgIpc) is 2.88. The molecule has 0 spiro atoms. The van der Waals surface area contributed by atoms with Crippen molar-refractivity contribution >= 4 is 23.2 Å². The lowest BCUT2D eigenvalue weighted by Crippen LogP contribution is -2.40. The molecule has 1 unspecified atom stereocenters. The number of carbonyl (C=O) groups is 3. The molecule has 12 heteroatoms. The van der Waals surface area contributed by atoms with Crippen molar-refractivity contribution in [2.75, 3.05) is 27.1 Å². The molecule has 194 valence electrons. The molecular formula is C25H26N4O8. The summed E-state index contributed by atoms with van der Waals surface area (Å²) in [5.74, 6) is -2.62. The van der Waals surface area contributed by atoms with E-state index in [1.165, 1.54) is 34.3 Å². The van der Waals surface area contributed by atoms with E-state index in [1.807, 2.05) is 0 Å². The molecule has 2 aromatic rings. The van der Waals surface area contributed by atoms with Crippen molar-refractivity contribution in [3.63, 3.8) is 0 Å². The van der Waals surface area contributed by atoms with Crippen LogP contribution in [-0.2, 0) is 14.3 Å². The van der Waals surface area contributed by atoms with Gasteiger partial charge >= 0.3 is 5.97 Å². The molecule has 1 aromatic carbocycles. The Balaban J connectivity index is 1.88. The Bertz CT molecular complexity index is 1430. The second kappa shape index (κ2) is 9.37. The molecule has 1 aliphatic carbocycles. The van der Waals surface area contributed by atoms with Crippen LogP contribution in [0.2, 0.25) is 0 Å². The van der Waals surface area contributed by atoms with E-state index in [2.05, 4.69) is 10.3 Å². The van der Waals surface area contributed by atoms with Gasteiger partial charge in [0, 0.05) is 16.7 Å². The molecule has 0 radical (unpaired) electrons. The zero-order chi connectivity index (χ0) is 27.2. The largest absolute Gasteiger partial charge is 0.504 e. The van der Waals surface area contributed by atoms with Crippen molar-refractivity contribution in [2.45, 2.75) is 25.8 Å². The number of rotatable bonds is 6. The summed E-state index contributed by atoms with van der Waals surface area (Å²) in [6.07, 6.45) is 0.442. The second-order valence-electron chi connectivity index (χ2n) is 8.46. The van der Waals surface area contributed by atoms with E-state index in [-0.39, 0.29) is 86.6 Å². The maximum Gasteiger partial charge on any atom is 0.354 e. The molecule has 0 fully saturated rings. The molecule has 1 aliphatic heterocycles. The van der Waals surface area contributed by atoms with E-state index in [0.29, 0.717) is 0 Å². The molecule has 12 nitrogen and oxygen atoms in total. The Labute approximate surface area is 211 Å². The highest BCUT2D eigenvalue weighted by molar-refractivity contribution is 6.24. The second-order valence-corrected chi connectivity index (χ2v) is 8.46. The van der Waals surface area contributed by atoms with Crippen molar-refractivity contribution in [3.8, 4) is 28.4 Å². The molecule has 7 N–H and O–H groups in total. The number of ketones is 2. The number of nitrogens with two attached hydrogens (primary N) is 2. The Morgan fingerprint density at radius 2 is 1.81 bits per heavy atom. The molecule has 2 aliphatic rings. The van der Waals surface area contributed by atoms with E-state index in [1.54, 1.807) is 6.07 Å². The number of carboxylic acid groups (broad SMARTS) is 1. The predicted octanol–water partition coefficient (Wildman–Crippen LogP) is 1.71. The van der Waals surface area contributed by atoms with Gasteiger partial charge in [-0.15, -0.1) is 0 Å². The number of phenolic OH excluding ortho intramolecular Hbond substituents is 1. The highest BCUT2D eigenvalue weighted by atomic mass is 16.5. The smallest absolute Gasteiger partial charge is 0.354 e. The summed E-state index contributed by atoms with van der Waals surface area (Å²) >= 11 is 0. The van der Waals surface area contributed by atoms with Gasteiger partial charge in [-0.3, -0.25) is 9.59 Å². The maximum atomic E-state index is 12.9. The first-order chi connectivity index (χ1) is 17.6. The Hall–Kier alpha value is -4.74. The van der Waals surface area contributed by atoms with Gasteiger partial charge in [0.2, 0.25) is 17.3 Å². The number of pyridine rings is 1. The van der Waals surface area contributed by atoms with Gasteiger partial charge in [0.15, 0.2) is 23.0 Å². The molecule has 37 heavy (non-hydrogen) atoms. The molecule has 1 atom stereocenters. The number of hydrogen-bond donors (Lipinski definition) is 5. The number of phenols is 1. The number of anilines is 1. The van der Waals surface area contributed by atoms with E-state index in [0.717, 1.165) is 0 Å². The third-order valence-corrected chi connectivity index (χ3v) is 6.53. The summed E-state index contributed by atoms with van der Waals surface area (Å²) in [5.41, 5.74) is 12.9. The maximum absolute atomic E-state index is 12.9. The lowest BCUT2D eigenvalue weighted by Gasteiger charge is -2.32. The van der Waals surface area contributed by atoms with Crippen LogP contribution in [0, 0.1) is 6.92 Å². The Kier molecular flexibility index (Phi) is 6.42. The number of allylic oxidation sites excluding steroid dienone is 1. The van der Waals surface area contributed by atoms with Gasteiger partial charge in [-0.2, -0.15) is 0 Å². The van der Waals surface area contributed by atoms with E-state index in [4.69, 9.17) is 25.7 Å². The first-order valence-electron chi connectivity index (χ1n) is 11.2. The van der Waals surface area contributed by atoms with Crippen LogP contribution in [0.15, 0.2) is 34.9 Å². The number of aromatic carboxylic acids is 1. The summed E-state index contributed by atoms with van der Waals surface area (Å²) < 4.78 is 15.5. The minimum absolute atomic E-state index is 0.00582. The highest BCUT2D eigenvalue weighted by Gasteiger charge is 2.39. The van der Waals surface area contributed by atoms with Crippen molar-refractivity contribution in [3.05, 3.63) is 51.8 Å². The van der Waals surface area contributed by atoms with Crippen LogP contribution in [0.4, 0.5) is 5.69 Å². The average molecular weight is 511 g/mol. The fourth-order valence-corrected chi connectivity index (χ4v) is 4.73. The number of Topliss-reactive ketones (excluding diaryl/α,β-unsaturated/α-hetero) is 2. The number of methoxy groups -OCH3 is 3. The van der Waals surface area contributed by atoms with Crippen molar-refractivity contribution < 1.29 is 38.8 Å². The van der Waals surface area contributed by atoms with Gasteiger partial charge in [0.25, 0.3) is 0 Å². The summed E-state index contributed by atoms with van der Waals surface area (Å²) in [6.45, 7) is 1.53. The first-order valence-corrected chi connectivity index (χ1v) is 11.2. The fourth-order valence-electron chi connectivity index (χ4n) is 4.73. The SMILES string of the molecule is COC1=C(N)C(=O)C2=C(CCC(c3nc(C(=O)O)c(C)c(-c4ccc(OC)c(OC)c4O)c3N)N2)C1=O. The number of nitrogens with zero attached hydrogens (tertiary/aromatic N) is 1. The number of aromatic nitrogens is 1. The van der Waals surface area contributed by atoms with Crippen LogP contribution in [0.3, 0.4) is 0 Å². The Morgan fingerprint density at radius 1 is 1.11 bits per heavy atom. The summed E-state index contributed by atoms with van der Waals surface area (Å²) in [6, 6.07) is 2.35. The van der Waals surface area contributed by atoms with E-state index in [9.17, 15) is 24.6 Å². The molecule has 0 bridgehead atoms. The van der Waals surface area contributed by atoms with Crippen LogP contribution in [0.25, 0.3) is 11.1 Å². The summed E-state index contributed by atoms with van der Waals surface area (Å²) in [7, 11) is 4.02. The van der Waals surface area contributed by atoms with Crippen LogP contribution >= 0.6 is 0 Å². The molecule has 2 heterocycles. The van der Waals surface area contributed by atoms with Gasteiger partial charge in [0.1, 0.15) is 5.70 Å². The fraction of sp³-hybridized carbons (Fsp3) is 0.280. The highest BCUT2D eigenvalue weighted by Crippen LogP contribution is 2.48. The zero-order valence-corrected chi connectivity index (χ0v) is 20.6. The third-order valence-electron chi connectivity index (χ3n) is 6.53. The number of carboxylic acids is 1. The van der Waals surface area contributed by atoms with Crippen molar-refractivity contribution in [1.29, 1.82) is 0 Å². The first kappa shape index (κ1) is 25.4. The van der Waals surface area contributed by atoms with Gasteiger partial charge < -0.3 is 41.2 Å². The van der Waals surface area contributed by atoms with Gasteiger partial charge in [-0.25, -0.2) is 9.78 Å². The van der Waals surface area contributed by atoms with Crippen molar-refractivity contribution in [1.82, 2.24) is 10.3 Å². The van der Waals surface area contributed by atoms with Gasteiger partial charge in [0.05, 0.1) is 44.4 Å². The Morgan fingerprint density at radius 3 is 2.41 bits per heavy atom. The van der Waals surface area contributed by atoms with Crippen LogP contribution < -0.4 is 26.3 Å². The summed E-state index contributed by atoms with van der Waals surface area (Å²) in [4.78, 5) is 42.1. The van der Waals surface area contributed by atoms with E-state index < -0.39 is 23.6 Å². The van der Waals surface area contributed by atoms with E-state index >= 15 is 0 Å². The van der Waals surface area contributed by atoms with Crippen LogP contribution in [0.1, 0.15) is 40.6 Å². The number of nitrogens with one attached hydrogen (secondary N) is 1. The minimum atomic E-state index is -1.31. The summed E-state index contributed by atoms with van der Waals surface area (Å²) in [5, 5.41) is 23.8. The molecule has 0 saturated heterocycles. The predicted molar refractivity (Wildman–Crippen MR) is 131 cm³/mol. The number of hydrogen-bond acceptors (Lipinski definition) is 11. The molecule has 4 rings (SSSR count). The minimum Gasteiger partial charge on any atom is -0.504 e. The normalized spacial score (nSPS) is 17.4. The lowest BCUT2D eigenvalue weighted by molar-refractivity contribution is -0.119. The number of benzene rings is 1. The number of carbonyl (C=O) groups excluding carboxylic acids is 2. The standard InChI is InChI=1S/C25H26N4O8/c1-9-14(10-6-8-13(35-2)23(36-3)20(10)30)15(26)19(29-17(9)25(33)34)12-7-5-11-18(28-12)22(32)16(27)24(37-4)21(11)31/h6,8,12,28,30H,5,7,26-27H2,1-4H3,(H,33,34). The number of ether oxygens (including phenoxy) is 3. The molecule has 0 amide bonds. The van der Waals surface area contributed by atoms with Crippen LogP contribution in [-0.4, -0.2) is 54.1 Å². The lowest BCUT2D eigenvalue weighted by atomic mass is 9.85. The van der Waals surface area contributed by atoms with Crippen LogP contribution in [0.5, 0.6) is 17.2 Å². The van der Waals surface area contributed by atoms with Crippen molar-refractivity contribution in [2.24, 2.45) is 5.73 Å². The quantitative estimate of drug-likeness (QED) is 0.353. The third kappa shape index (κ3) is 3.86. The van der Waals surface area contributed by atoms with Gasteiger partial charge in [-0.1, -0.05) is 0 Å². The number of aromatic hydroxyl groups is 1. The monoisotopic (exact) mass is 510 g/mol.